The van der Waals surface area contributed by atoms with E-state index < -0.39 is 20.0 Å². The van der Waals surface area contributed by atoms with Crippen LogP contribution in [0.25, 0.3) is 0 Å². The van der Waals surface area contributed by atoms with Crippen molar-refractivity contribution < 1.29 is 21.6 Å². The molecule has 0 aliphatic heterocycles. The van der Waals surface area contributed by atoms with Crippen LogP contribution in [-0.4, -0.2) is 29.0 Å². The molecule has 4 aromatic carbocycles. The van der Waals surface area contributed by atoms with E-state index in [1.807, 2.05) is 45.9 Å². The molecule has 0 aliphatic carbocycles. The number of nitrogens with one attached hydrogen (secondary N) is 2. The maximum atomic E-state index is 12.8. The van der Waals surface area contributed by atoms with Gasteiger partial charge >= 0.3 is 0 Å². The van der Waals surface area contributed by atoms with Crippen molar-refractivity contribution in [2.24, 2.45) is 0 Å². The number of carbonyl (C=O) groups is 1. The Bertz CT molecular complexity index is 1800. The predicted molar refractivity (Wildman–Crippen MR) is 165 cm³/mol. The fourth-order valence-corrected chi connectivity index (χ4v) is 6.08. The van der Waals surface area contributed by atoms with Crippen LogP contribution >= 0.6 is 0 Å². The molecule has 214 valence electrons. The Morgan fingerprint density at radius 2 is 1.24 bits per heavy atom. The van der Waals surface area contributed by atoms with Crippen LogP contribution in [0.4, 0.5) is 17.1 Å². The Labute approximate surface area is 242 Å². The third-order valence-electron chi connectivity index (χ3n) is 6.90. The first-order valence-electron chi connectivity index (χ1n) is 12.9. The lowest BCUT2D eigenvalue weighted by Crippen LogP contribution is -2.29. The molecular weight excluding hydrogens is 558 g/mol. The lowest BCUT2D eigenvalue weighted by molar-refractivity contribution is 0.102. The van der Waals surface area contributed by atoms with Gasteiger partial charge in [0.2, 0.25) is 10.0 Å². The molecule has 0 atom stereocenters. The van der Waals surface area contributed by atoms with Crippen molar-refractivity contribution >= 4 is 43.0 Å². The Hall–Kier alpha value is -4.15. The lowest BCUT2D eigenvalue weighted by atomic mass is 10.1. The number of hydrogen-bond donors (Lipinski definition) is 2. The first-order chi connectivity index (χ1) is 19.2. The number of anilines is 3. The van der Waals surface area contributed by atoms with Crippen molar-refractivity contribution in [3.05, 3.63) is 118 Å². The first-order valence-corrected chi connectivity index (χ1v) is 16.2. The second-order valence-corrected chi connectivity index (χ2v) is 13.7. The number of aryl methyl sites for hydroxylation is 4. The molecule has 0 fully saturated rings. The zero-order chi connectivity index (χ0) is 29.9. The van der Waals surface area contributed by atoms with Gasteiger partial charge in [0.05, 0.1) is 23.4 Å². The molecule has 8 nitrogen and oxygen atoms in total. The van der Waals surface area contributed by atoms with Crippen LogP contribution in [0.15, 0.2) is 89.8 Å². The van der Waals surface area contributed by atoms with Crippen molar-refractivity contribution in [3.63, 3.8) is 0 Å². The average Bonchev–Trinajstić information content (AvgIpc) is 2.91. The Balaban J connectivity index is 1.43. The highest BCUT2D eigenvalue weighted by Gasteiger charge is 2.19. The van der Waals surface area contributed by atoms with Gasteiger partial charge in [0.15, 0.2) is 0 Å². The molecule has 0 heterocycles. The van der Waals surface area contributed by atoms with Gasteiger partial charge in [-0.05, 0) is 116 Å². The van der Waals surface area contributed by atoms with E-state index in [-0.39, 0.29) is 17.3 Å². The van der Waals surface area contributed by atoms with Crippen molar-refractivity contribution in [3.8, 4) is 0 Å². The van der Waals surface area contributed by atoms with Gasteiger partial charge in [0.1, 0.15) is 0 Å². The summed E-state index contributed by atoms with van der Waals surface area (Å²) in [5, 5.41) is 2.76. The summed E-state index contributed by atoms with van der Waals surface area (Å²) in [4.78, 5) is 12.9. The summed E-state index contributed by atoms with van der Waals surface area (Å²) in [7, 11) is -7.34. The molecular formula is C31H33N3O5S2. The Morgan fingerprint density at radius 3 is 1.80 bits per heavy atom. The number of benzene rings is 4. The van der Waals surface area contributed by atoms with Crippen LogP contribution in [0.5, 0.6) is 0 Å². The number of rotatable bonds is 9. The third kappa shape index (κ3) is 7.33. The minimum Gasteiger partial charge on any atom is -0.322 e. The van der Waals surface area contributed by atoms with Gasteiger partial charge in [0.25, 0.3) is 15.9 Å². The fourth-order valence-electron chi connectivity index (χ4n) is 4.15. The summed E-state index contributed by atoms with van der Waals surface area (Å²) >= 11 is 0. The number of nitrogens with zero attached hydrogens (tertiary/aromatic N) is 1. The predicted octanol–water partition coefficient (Wildman–Crippen LogP) is 5.94. The average molecular weight is 592 g/mol. The number of hydrogen-bond acceptors (Lipinski definition) is 5. The van der Waals surface area contributed by atoms with Crippen molar-refractivity contribution in [1.82, 2.24) is 0 Å². The summed E-state index contributed by atoms with van der Waals surface area (Å²) in [6.45, 7) is 7.88. The minimum absolute atomic E-state index is 0.0669. The largest absolute Gasteiger partial charge is 0.322 e. The lowest BCUT2D eigenvalue weighted by Gasteiger charge is -2.23. The molecule has 0 saturated carbocycles. The van der Waals surface area contributed by atoms with Crippen LogP contribution in [0.1, 0.15) is 38.2 Å². The Kier molecular flexibility index (Phi) is 8.55. The highest BCUT2D eigenvalue weighted by atomic mass is 32.2. The topological polar surface area (TPSA) is 113 Å². The quantitative estimate of drug-likeness (QED) is 0.250. The Morgan fingerprint density at radius 1 is 0.683 bits per heavy atom. The van der Waals surface area contributed by atoms with Crippen molar-refractivity contribution in [1.29, 1.82) is 0 Å². The monoisotopic (exact) mass is 591 g/mol. The van der Waals surface area contributed by atoms with Crippen LogP contribution in [0, 0.1) is 27.7 Å². The summed E-state index contributed by atoms with van der Waals surface area (Å²) in [5.41, 5.74) is 6.68. The smallest absolute Gasteiger partial charge is 0.261 e. The maximum Gasteiger partial charge on any atom is 0.261 e. The molecule has 0 aliphatic rings. The third-order valence-corrected chi connectivity index (χ3v) is 9.44. The van der Waals surface area contributed by atoms with E-state index in [0.29, 0.717) is 22.6 Å². The highest BCUT2D eigenvalue weighted by Crippen LogP contribution is 2.24. The van der Waals surface area contributed by atoms with Gasteiger partial charge < -0.3 is 5.32 Å². The molecule has 2 N–H and O–H groups in total. The number of amides is 1. The van der Waals surface area contributed by atoms with E-state index in [4.69, 9.17) is 0 Å². The molecule has 0 spiro atoms. The summed E-state index contributed by atoms with van der Waals surface area (Å²) in [5.74, 6) is -0.380. The van der Waals surface area contributed by atoms with Crippen LogP contribution in [0.3, 0.4) is 0 Å². The summed E-state index contributed by atoms with van der Waals surface area (Å²) in [6, 6.07) is 23.4. The molecule has 4 aromatic rings. The van der Waals surface area contributed by atoms with E-state index in [2.05, 4.69) is 10.0 Å². The second kappa shape index (κ2) is 11.8. The van der Waals surface area contributed by atoms with Gasteiger partial charge in [-0.25, -0.2) is 16.8 Å². The van der Waals surface area contributed by atoms with E-state index in [0.717, 1.165) is 27.8 Å². The maximum absolute atomic E-state index is 12.8. The standard InChI is InChI=1S/C31H33N3O5S2/c1-21-6-12-28(18-23(21)3)33-41(38,39)30-16-13-27(14-17-30)32-31(35)26-10-8-25(9-11-26)20-34(40(5,36)37)29-15-7-22(2)24(4)19-29/h6-19,33H,20H2,1-5H3,(H,32,35). The molecule has 0 bridgehead atoms. The first kappa shape index (κ1) is 29.8. The number of sulfonamides is 2. The zero-order valence-corrected chi connectivity index (χ0v) is 25.2. The second-order valence-electron chi connectivity index (χ2n) is 10.1. The molecule has 4 rings (SSSR count). The van der Waals surface area contributed by atoms with Crippen molar-refractivity contribution in [2.45, 2.75) is 39.1 Å². The van der Waals surface area contributed by atoms with Gasteiger partial charge in [0, 0.05) is 16.9 Å². The molecule has 0 aromatic heterocycles. The SMILES string of the molecule is Cc1ccc(NS(=O)(=O)c2ccc(NC(=O)c3ccc(CN(c4ccc(C)c(C)c4)S(C)(=O)=O)cc3)cc2)cc1C. The fraction of sp³-hybridized carbons (Fsp3) is 0.194. The van der Waals surface area contributed by atoms with Crippen LogP contribution < -0.4 is 14.3 Å². The van der Waals surface area contributed by atoms with E-state index >= 15 is 0 Å². The molecule has 41 heavy (non-hydrogen) atoms. The number of carbonyl (C=O) groups excluding carboxylic acids is 1. The normalized spacial score (nSPS) is 11.6. The summed E-state index contributed by atoms with van der Waals surface area (Å²) in [6.07, 6.45) is 1.17. The van der Waals surface area contributed by atoms with E-state index in [1.165, 1.54) is 34.8 Å². The van der Waals surface area contributed by atoms with E-state index in [9.17, 15) is 21.6 Å². The van der Waals surface area contributed by atoms with Gasteiger partial charge in [-0.15, -0.1) is 0 Å². The van der Waals surface area contributed by atoms with Crippen molar-refractivity contribution in [2.75, 3.05) is 20.6 Å². The molecule has 0 unspecified atom stereocenters. The van der Waals surface area contributed by atoms with Gasteiger partial charge in [-0.1, -0.05) is 24.3 Å². The molecule has 10 heteroatoms. The molecule has 0 saturated heterocycles. The van der Waals surface area contributed by atoms with E-state index in [1.54, 1.807) is 42.5 Å². The van der Waals surface area contributed by atoms with Gasteiger partial charge in [-0.3, -0.25) is 13.8 Å². The summed E-state index contributed by atoms with van der Waals surface area (Å²) < 4.78 is 54.6. The zero-order valence-electron chi connectivity index (χ0n) is 23.6. The van der Waals surface area contributed by atoms with Crippen LogP contribution in [-0.2, 0) is 26.6 Å². The van der Waals surface area contributed by atoms with Gasteiger partial charge in [-0.2, -0.15) is 0 Å². The minimum atomic E-state index is -3.80. The molecule has 0 radical (unpaired) electrons. The molecule has 1 amide bonds. The van der Waals surface area contributed by atoms with Crippen LogP contribution in [0.2, 0.25) is 0 Å². The highest BCUT2D eigenvalue weighted by molar-refractivity contribution is 7.92.